The van der Waals surface area contributed by atoms with E-state index in [-0.39, 0.29) is 11.5 Å². The van der Waals surface area contributed by atoms with Gasteiger partial charge in [-0.2, -0.15) is 0 Å². The van der Waals surface area contributed by atoms with Crippen LogP contribution in [0.2, 0.25) is 0 Å². The Kier molecular flexibility index (Phi) is 2.53. The van der Waals surface area contributed by atoms with Gasteiger partial charge in [-0.05, 0) is 25.2 Å². The van der Waals surface area contributed by atoms with E-state index < -0.39 is 0 Å². The van der Waals surface area contributed by atoms with Gasteiger partial charge in [0.25, 0.3) is 5.56 Å². The summed E-state index contributed by atoms with van der Waals surface area (Å²) in [5.74, 6) is 0.742. The van der Waals surface area contributed by atoms with Crippen molar-refractivity contribution < 1.29 is 0 Å². The third-order valence-corrected chi connectivity index (χ3v) is 2.59. The fraction of sp³-hybridized carbons (Fsp3) is 0.500. The van der Waals surface area contributed by atoms with Crippen molar-refractivity contribution in [2.45, 2.75) is 26.2 Å². The highest BCUT2D eigenvalue weighted by molar-refractivity contribution is 5.64. The maximum atomic E-state index is 11.5. The summed E-state index contributed by atoms with van der Waals surface area (Å²) in [7, 11) is 0. The van der Waals surface area contributed by atoms with Crippen LogP contribution >= 0.6 is 0 Å². The Morgan fingerprint density at radius 1 is 1.60 bits per heavy atom. The lowest BCUT2D eigenvalue weighted by molar-refractivity contribution is 0.550. The van der Waals surface area contributed by atoms with Crippen LogP contribution in [0.25, 0.3) is 0 Å². The first-order valence-corrected chi connectivity index (χ1v) is 5.08. The van der Waals surface area contributed by atoms with Crippen LogP contribution < -0.4 is 11.3 Å². The van der Waals surface area contributed by atoms with Crippen LogP contribution in [0.3, 0.4) is 0 Å². The average Bonchev–Trinajstić information content (AvgIpc) is 2.15. The number of nitrogen functional groups attached to an aromatic ring is 1. The van der Waals surface area contributed by atoms with Gasteiger partial charge in [-0.1, -0.05) is 6.92 Å². The number of H-pyrrole nitrogens is 1. The van der Waals surface area contributed by atoms with E-state index in [0.717, 1.165) is 19.3 Å². The van der Waals surface area contributed by atoms with Gasteiger partial charge >= 0.3 is 0 Å². The van der Waals surface area contributed by atoms with Crippen molar-refractivity contribution in [2.75, 3.05) is 5.73 Å². The van der Waals surface area contributed by atoms with Crippen LogP contribution in [0.5, 0.6) is 0 Å². The van der Waals surface area contributed by atoms with Crippen LogP contribution in [0.4, 0.5) is 11.6 Å². The molecule has 1 unspecified atom stereocenters. The van der Waals surface area contributed by atoms with Gasteiger partial charge in [-0.25, -0.2) is 4.98 Å². The fourth-order valence-electron chi connectivity index (χ4n) is 1.67. The number of hydrogen-bond acceptors (Lipinski definition) is 4. The fourth-order valence-corrected chi connectivity index (χ4v) is 1.67. The molecule has 2 rings (SSSR count). The summed E-state index contributed by atoms with van der Waals surface area (Å²) in [6.07, 6.45) is 4.47. The number of rotatable bonds is 0. The molecule has 0 bridgehead atoms. The zero-order valence-corrected chi connectivity index (χ0v) is 8.66. The predicted molar refractivity (Wildman–Crippen MR) is 59.5 cm³/mol. The minimum absolute atomic E-state index is 0.169. The lowest BCUT2D eigenvalue weighted by Crippen LogP contribution is -2.15. The van der Waals surface area contributed by atoms with Gasteiger partial charge in [-0.3, -0.25) is 14.8 Å². The maximum Gasteiger partial charge on any atom is 0.278 e. The van der Waals surface area contributed by atoms with E-state index >= 15 is 0 Å². The summed E-state index contributed by atoms with van der Waals surface area (Å²) < 4.78 is 0. The van der Waals surface area contributed by atoms with E-state index in [1.165, 1.54) is 0 Å². The minimum atomic E-state index is -0.247. The number of aliphatic imine (C=N–C) groups is 1. The summed E-state index contributed by atoms with van der Waals surface area (Å²) in [4.78, 5) is 22.3. The minimum Gasteiger partial charge on any atom is -0.369 e. The van der Waals surface area contributed by atoms with Crippen LogP contribution in [-0.2, 0) is 6.42 Å². The Morgan fingerprint density at radius 3 is 3.20 bits per heavy atom. The summed E-state index contributed by atoms with van der Waals surface area (Å²) in [5, 5.41) is 0. The highest BCUT2D eigenvalue weighted by Crippen LogP contribution is 2.20. The third kappa shape index (κ3) is 2.06. The molecule has 0 spiro atoms. The van der Waals surface area contributed by atoms with Gasteiger partial charge in [0.2, 0.25) is 5.95 Å². The second kappa shape index (κ2) is 3.84. The Hall–Kier alpha value is -1.65. The molecule has 0 saturated heterocycles. The molecule has 0 radical (unpaired) electrons. The first-order valence-electron chi connectivity index (χ1n) is 5.08. The molecule has 0 aromatic carbocycles. The number of nitrogens with two attached hydrogens (primary N) is 1. The smallest absolute Gasteiger partial charge is 0.278 e. The number of nitrogens with zero attached hydrogens (tertiary/aromatic N) is 2. The van der Waals surface area contributed by atoms with Crippen molar-refractivity contribution in [1.82, 2.24) is 9.97 Å². The summed E-state index contributed by atoms with van der Waals surface area (Å²) in [6, 6.07) is 0. The highest BCUT2D eigenvalue weighted by atomic mass is 16.1. The molecule has 0 aliphatic carbocycles. The van der Waals surface area contributed by atoms with Gasteiger partial charge in [0, 0.05) is 6.21 Å². The zero-order chi connectivity index (χ0) is 10.8. The number of aromatic nitrogens is 2. The Morgan fingerprint density at radius 2 is 2.40 bits per heavy atom. The van der Waals surface area contributed by atoms with E-state index in [0.29, 0.717) is 17.3 Å². The van der Waals surface area contributed by atoms with Gasteiger partial charge in [0.1, 0.15) is 5.69 Å². The van der Waals surface area contributed by atoms with Crippen LogP contribution in [0, 0.1) is 5.92 Å². The van der Waals surface area contributed by atoms with Gasteiger partial charge in [-0.15, -0.1) is 0 Å². The van der Waals surface area contributed by atoms with Crippen molar-refractivity contribution in [3.63, 3.8) is 0 Å². The SMILES string of the molecule is CC1CC=Nc2c(nc(N)[nH]c2=O)CC1. The van der Waals surface area contributed by atoms with Gasteiger partial charge in [0.05, 0.1) is 5.69 Å². The van der Waals surface area contributed by atoms with Gasteiger partial charge < -0.3 is 5.73 Å². The number of fused-ring (bicyclic) bond motifs is 1. The Labute approximate surface area is 87.5 Å². The van der Waals surface area contributed by atoms with Crippen LogP contribution in [0.1, 0.15) is 25.5 Å². The first kappa shape index (κ1) is 9.89. The molecule has 80 valence electrons. The molecule has 5 nitrogen and oxygen atoms in total. The topological polar surface area (TPSA) is 84.1 Å². The summed E-state index contributed by atoms with van der Waals surface area (Å²) in [6.45, 7) is 2.16. The number of aryl methyl sites for hydroxylation is 1. The highest BCUT2D eigenvalue weighted by Gasteiger charge is 2.13. The molecule has 15 heavy (non-hydrogen) atoms. The lowest BCUT2D eigenvalue weighted by atomic mass is 9.99. The van der Waals surface area contributed by atoms with Gasteiger partial charge in [0.15, 0.2) is 0 Å². The molecule has 1 aliphatic rings. The van der Waals surface area contributed by atoms with Crippen LogP contribution in [-0.4, -0.2) is 16.2 Å². The molecule has 0 saturated carbocycles. The van der Waals surface area contributed by atoms with E-state index in [4.69, 9.17) is 5.73 Å². The molecule has 0 amide bonds. The van der Waals surface area contributed by atoms with E-state index in [9.17, 15) is 4.79 Å². The average molecular weight is 206 g/mol. The monoisotopic (exact) mass is 206 g/mol. The molecule has 2 heterocycles. The lowest BCUT2D eigenvalue weighted by Gasteiger charge is -2.12. The van der Waals surface area contributed by atoms with E-state index in [1.54, 1.807) is 6.21 Å². The predicted octanol–water partition coefficient (Wildman–Crippen LogP) is 1.03. The molecule has 1 aromatic heterocycles. The van der Waals surface area contributed by atoms with E-state index in [2.05, 4.69) is 21.9 Å². The molecule has 0 fully saturated rings. The summed E-state index contributed by atoms with van der Waals surface area (Å²) >= 11 is 0. The van der Waals surface area contributed by atoms with E-state index in [1.807, 2.05) is 0 Å². The zero-order valence-electron chi connectivity index (χ0n) is 8.66. The normalized spacial score (nSPS) is 20.5. The largest absolute Gasteiger partial charge is 0.369 e. The third-order valence-electron chi connectivity index (χ3n) is 2.59. The molecule has 3 N–H and O–H groups in total. The van der Waals surface area contributed by atoms with Crippen molar-refractivity contribution >= 4 is 17.9 Å². The maximum absolute atomic E-state index is 11.5. The number of aromatic amines is 1. The Balaban J connectivity index is 2.49. The summed E-state index contributed by atoms with van der Waals surface area (Å²) in [5.41, 5.74) is 6.36. The van der Waals surface area contributed by atoms with Crippen molar-refractivity contribution in [1.29, 1.82) is 0 Å². The second-order valence-electron chi connectivity index (χ2n) is 3.94. The first-order chi connectivity index (χ1) is 7.16. The second-order valence-corrected chi connectivity index (χ2v) is 3.94. The van der Waals surface area contributed by atoms with Crippen molar-refractivity contribution in [2.24, 2.45) is 10.9 Å². The van der Waals surface area contributed by atoms with Crippen molar-refractivity contribution in [3.8, 4) is 0 Å². The molecule has 1 aromatic rings. The molecular formula is C10H14N4O. The quantitative estimate of drug-likeness (QED) is 0.664. The Bertz CT molecular complexity index is 449. The van der Waals surface area contributed by atoms with Crippen molar-refractivity contribution in [3.05, 3.63) is 16.0 Å². The standard InChI is InChI=1S/C10H14N4O/c1-6-2-3-7-8(12-5-4-6)9(15)14-10(11)13-7/h5-6H,2-4H2,1H3,(H3,11,13,14,15). The van der Waals surface area contributed by atoms with Crippen LogP contribution in [0.15, 0.2) is 9.79 Å². The number of hydrogen-bond donors (Lipinski definition) is 2. The number of anilines is 1. The molecule has 1 atom stereocenters. The molecule has 5 heteroatoms. The molecular weight excluding hydrogens is 192 g/mol. The molecule has 1 aliphatic heterocycles. The number of nitrogens with one attached hydrogen (secondary N) is 1.